The molecule has 0 bridgehead atoms. The number of hydrogen-bond donors (Lipinski definition) is 2. The number of carbonyl (C=O) groups excluding carboxylic acids is 1. The molecule has 1 saturated carbocycles. The largest absolute Gasteiger partial charge is 0.326 e. The van der Waals surface area contributed by atoms with Gasteiger partial charge in [-0.05, 0) is 36.1 Å². The quantitative estimate of drug-likeness (QED) is 0.887. The van der Waals surface area contributed by atoms with Crippen molar-refractivity contribution < 1.29 is 4.79 Å². The van der Waals surface area contributed by atoms with E-state index in [1.165, 1.54) is 5.56 Å². The first kappa shape index (κ1) is 14.8. The Morgan fingerprint density at radius 3 is 2.45 bits per heavy atom. The molecule has 2 atom stereocenters. The van der Waals surface area contributed by atoms with Gasteiger partial charge >= 0.3 is 0 Å². The standard InChI is InChI=1S/C19H22N2O/c1-2-19(20)13-17(19)15-8-10-16(11-9-15)21-18(22)12-14-6-4-3-5-7-14/h3-11,17H,2,12-13,20H2,1H3,(H,21,22)/t17-,19+/m0/s1. The highest BCUT2D eigenvalue weighted by molar-refractivity contribution is 5.92. The molecular formula is C19H22N2O. The minimum absolute atomic E-state index is 0.00658. The smallest absolute Gasteiger partial charge is 0.228 e. The zero-order valence-electron chi connectivity index (χ0n) is 12.9. The minimum Gasteiger partial charge on any atom is -0.326 e. The number of benzene rings is 2. The third-order valence-corrected chi connectivity index (χ3v) is 4.58. The molecular weight excluding hydrogens is 272 g/mol. The molecule has 114 valence electrons. The molecule has 22 heavy (non-hydrogen) atoms. The first-order valence-corrected chi connectivity index (χ1v) is 7.83. The minimum atomic E-state index is -0.0158. The second-order valence-corrected chi connectivity index (χ2v) is 6.18. The van der Waals surface area contributed by atoms with E-state index in [-0.39, 0.29) is 11.4 Å². The topological polar surface area (TPSA) is 55.1 Å². The molecule has 0 aromatic heterocycles. The zero-order chi connectivity index (χ0) is 15.6. The lowest BCUT2D eigenvalue weighted by molar-refractivity contribution is -0.115. The summed E-state index contributed by atoms with van der Waals surface area (Å²) in [5, 5.41) is 2.94. The maximum atomic E-state index is 12.0. The van der Waals surface area contributed by atoms with E-state index >= 15 is 0 Å². The fourth-order valence-corrected chi connectivity index (χ4v) is 2.95. The van der Waals surface area contributed by atoms with Crippen LogP contribution in [0.3, 0.4) is 0 Å². The number of nitrogens with one attached hydrogen (secondary N) is 1. The maximum absolute atomic E-state index is 12.0. The van der Waals surface area contributed by atoms with E-state index in [1.54, 1.807) is 0 Å². The highest BCUT2D eigenvalue weighted by atomic mass is 16.1. The Kier molecular flexibility index (Phi) is 3.99. The van der Waals surface area contributed by atoms with Crippen LogP contribution in [0.2, 0.25) is 0 Å². The monoisotopic (exact) mass is 294 g/mol. The van der Waals surface area contributed by atoms with Crippen molar-refractivity contribution in [3.8, 4) is 0 Å². The molecule has 0 radical (unpaired) electrons. The summed E-state index contributed by atoms with van der Waals surface area (Å²) in [6.07, 6.45) is 2.46. The van der Waals surface area contributed by atoms with E-state index in [0.717, 1.165) is 24.1 Å². The third-order valence-electron chi connectivity index (χ3n) is 4.58. The SMILES string of the molecule is CC[C@@]1(N)C[C@H]1c1ccc(NC(=O)Cc2ccccc2)cc1. The summed E-state index contributed by atoms with van der Waals surface area (Å²) >= 11 is 0. The number of nitrogens with two attached hydrogens (primary N) is 1. The van der Waals surface area contributed by atoms with Crippen molar-refractivity contribution in [2.75, 3.05) is 5.32 Å². The molecule has 2 aromatic carbocycles. The molecule has 3 nitrogen and oxygen atoms in total. The Morgan fingerprint density at radius 2 is 1.86 bits per heavy atom. The number of amides is 1. The van der Waals surface area contributed by atoms with Crippen LogP contribution in [0.4, 0.5) is 5.69 Å². The lowest BCUT2D eigenvalue weighted by Gasteiger charge is -2.09. The normalized spacial score (nSPS) is 23.1. The predicted molar refractivity (Wildman–Crippen MR) is 89.8 cm³/mol. The van der Waals surface area contributed by atoms with Gasteiger partial charge in [0, 0.05) is 17.1 Å². The molecule has 1 amide bonds. The summed E-state index contributed by atoms with van der Waals surface area (Å²) in [5.74, 6) is 0.471. The van der Waals surface area contributed by atoms with Crippen LogP contribution in [0.25, 0.3) is 0 Å². The van der Waals surface area contributed by atoms with Crippen molar-refractivity contribution in [1.82, 2.24) is 0 Å². The molecule has 0 saturated heterocycles. The van der Waals surface area contributed by atoms with Crippen molar-refractivity contribution in [2.24, 2.45) is 5.73 Å². The summed E-state index contributed by atoms with van der Waals surface area (Å²) in [4.78, 5) is 12.0. The van der Waals surface area contributed by atoms with Crippen LogP contribution >= 0.6 is 0 Å². The Morgan fingerprint density at radius 1 is 1.18 bits per heavy atom. The van der Waals surface area contributed by atoms with Crippen molar-refractivity contribution in [3.05, 3.63) is 65.7 Å². The number of rotatable bonds is 5. The van der Waals surface area contributed by atoms with Gasteiger partial charge in [0.15, 0.2) is 0 Å². The number of carbonyl (C=O) groups is 1. The summed E-state index contributed by atoms with van der Waals surface area (Å²) in [5.41, 5.74) is 9.37. The number of anilines is 1. The molecule has 0 heterocycles. The molecule has 1 aliphatic carbocycles. The van der Waals surface area contributed by atoms with Crippen molar-refractivity contribution in [3.63, 3.8) is 0 Å². The van der Waals surface area contributed by atoms with Gasteiger partial charge in [-0.2, -0.15) is 0 Å². The van der Waals surface area contributed by atoms with Gasteiger partial charge < -0.3 is 11.1 Å². The third kappa shape index (κ3) is 3.20. The van der Waals surface area contributed by atoms with Gasteiger partial charge in [0.05, 0.1) is 6.42 Å². The van der Waals surface area contributed by atoms with Gasteiger partial charge in [0.25, 0.3) is 0 Å². The Labute approximate surface area is 131 Å². The van der Waals surface area contributed by atoms with E-state index < -0.39 is 0 Å². The zero-order valence-corrected chi connectivity index (χ0v) is 12.9. The highest BCUT2D eigenvalue weighted by Gasteiger charge is 2.49. The summed E-state index contributed by atoms with van der Waals surface area (Å²) < 4.78 is 0. The van der Waals surface area contributed by atoms with Gasteiger partial charge in [-0.15, -0.1) is 0 Å². The highest BCUT2D eigenvalue weighted by Crippen LogP contribution is 2.51. The van der Waals surface area contributed by atoms with Gasteiger partial charge in [0.2, 0.25) is 5.91 Å². The van der Waals surface area contributed by atoms with Gasteiger partial charge in [-0.1, -0.05) is 49.4 Å². The van der Waals surface area contributed by atoms with E-state index in [1.807, 2.05) is 42.5 Å². The molecule has 0 aliphatic heterocycles. The Balaban J connectivity index is 1.58. The molecule has 3 N–H and O–H groups in total. The predicted octanol–water partition coefficient (Wildman–Crippen LogP) is 3.46. The molecule has 0 spiro atoms. The molecule has 1 fully saturated rings. The van der Waals surface area contributed by atoms with Crippen molar-refractivity contribution >= 4 is 11.6 Å². The van der Waals surface area contributed by atoms with E-state index in [2.05, 4.69) is 24.4 Å². The van der Waals surface area contributed by atoms with Gasteiger partial charge in [-0.3, -0.25) is 4.79 Å². The van der Waals surface area contributed by atoms with Gasteiger partial charge in [0.1, 0.15) is 0 Å². The van der Waals surface area contributed by atoms with Crippen LogP contribution in [0.5, 0.6) is 0 Å². The fourth-order valence-electron chi connectivity index (χ4n) is 2.95. The molecule has 3 rings (SSSR count). The molecule has 1 aliphatic rings. The second kappa shape index (κ2) is 5.93. The Bertz CT molecular complexity index is 651. The van der Waals surface area contributed by atoms with Crippen molar-refractivity contribution in [1.29, 1.82) is 0 Å². The van der Waals surface area contributed by atoms with Crippen LogP contribution in [-0.2, 0) is 11.2 Å². The van der Waals surface area contributed by atoms with E-state index in [4.69, 9.17) is 5.73 Å². The first-order chi connectivity index (χ1) is 10.6. The van der Waals surface area contributed by atoms with Crippen LogP contribution in [-0.4, -0.2) is 11.4 Å². The van der Waals surface area contributed by atoms with Crippen LogP contribution in [0.15, 0.2) is 54.6 Å². The van der Waals surface area contributed by atoms with Crippen molar-refractivity contribution in [2.45, 2.75) is 37.6 Å². The lowest BCUT2D eigenvalue weighted by Crippen LogP contribution is -2.22. The summed E-state index contributed by atoms with van der Waals surface area (Å²) in [7, 11) is 0. The van der Waals surface area contributed by atoms with Crippen LogP contribution in [0, 0.1) is 0 Å². The Hall–Kier alpha value is -2.13. The molecule has 2 aromatic rings. The van der Waals surface area contributed by atoms with E-state index in [0.29, 0.717) is 12.3 Å². The summed E-state index contributed by atoms with van der Waals surface area (Å²) in [6.45, 7) is 2.14. The average Bonchev–Trinajstić information content (AvgIpc) is 3.22. The first-order valence-electron chi connectivity index (χ1n) is 7.83. The second-order valence-electron chi connectivity index (χ2n) is 6.18. The van der Waals surface area contributed by atoms with E-state index in [9.17, 15) is 4.79 Å². The van der Waals surface area contributed by atoms with Crippen LogP contribution in [0.1, 0.15) is 36.8 Å². The fraction of sp³-hybridized carbons (Fsp3) is 0.316. The summed E-state index contributed by atoms with van der Waals surface area (Å²) in [6, 6.07) is 17.8. The van der Waals surface area contributed by atoms with Gasteiger partial charge in [-0.25, -0.2) is 0 Å². The number of hydrogen-bond acceptors (Lipinski definition) is 2. The average molecular weight is 294 g/mol. The maximum Gasteiger partial charge on any atom is 0.228 e. The molecule has 3 heteroatoms. The molecule has 0 unspecified atom stereocenters. The lowest BCUT2D eigenvalue weighted by atomic mass is 10.0. The van der Waals surface area contributed by atoms with Crippen LogP contribution < -0.4 is 11.1 Å².